The van der Waals surface area contributed by atoms with Gasteiger partial charge in [-0.25, -0.2) is 4.39 Å². The maximum absolute atomic E-state index is 13.1. The zero-order chi connectivity index (χ0) is 12.6. The van der Waals surface area contributed by atoms with Crippen LogP contribution in [0, 0.1) is 21.3 Å². The average Bonchev–Trinajstić information content (AvgIpc) is 2.83. The number of hydrogen-bond donors (Lipinski definition) is 1. The van der Waals surface area contributed by atoms with Crippen molar-refractivity contribution in [2.45, 2.75) is 32.9 Å². The van der Waals surface area contributed by atoms with Crippen LogP contribution in [0.3, 0.4) is 0 Å². The number of nitro benzene ring substituents is 1. The Labute approximate surface area is 99.0 Å². The maximum Gasteiger partial charge on any atom is 0.272 e. The quantitative estimate of drug-likeness (QED) is 0.648. The van der Waals surface area contributed by atoms with Crippen molar-refractivity contribution >= 4 is 5.69 Å². The highest BCUT2D eigenvalue weighted by molar-refractivity contribution is 5.35. The van der Waals surface area contributed by atoms with Gasteiger partial charge in [0.05, 0.1) is 11.0 Å². The SMILES string of the molecule is CC1(C)CC1NCc1cc(F)cc([N+](=O)[O-])c1. The lowest BCUT2D eigenvalue weighted by Gasteiger charge is -2.06. The molecule has 4 nitrogen and oxygen atoms in total. The summed E-state index contributed by atoms with van der Waals surface area (Å²) in [6, 6.07) is 4.09. The highest BCUT2D eigenvalue weighted by atomic mass is 19.1. The third kappa shape index (κ3) is 2.79. The number of nitrogens with zero attached hydrogens (tertiary/aromatic N) is 1. The van der Waals surface area contributed by atoms with E-state index in [2.05, 4.69) is 19.2 Å². The Morgan fingerprint density at radius 1 is 1.53 bits per heavy atom. The van der Waals surface area contributed by atoms with Crippen LogP contribution in [0.15, 0.2) is 18.2 Å². The molecule has 0 amide bonds. The normalized spacial score (nSPS) is 21.2. The summed E-state index contributed by atoms with van der Waals surface area (Å²) in [4.78, 5) is 10.0. The van der Waals surface area contributed by atoms with Gasteiger partial charge >= 0.3 is 0 Å². The second kappa shape index (κ2) is 4.07. The monoisotopic (exact) mass is 238 g/mol. The average molecular weight is 238 g/mol. The highest BCUT2D eigenvalue weighted by Gasteiger charge is 2.44. The summed E-state index contributed by atoms with van der Waals surface area (Å²) in [5.74, 6) is -0.564. The van der Waals surface area contributed by atoms with Gasteiger partial charge in [-0.1, -0.05) is 13.8 Å². The van der Waals surface area contributed by atoms with Gasteiger partial charge in [0.2, 0.25) is 0 Å². The molecule has 0 aliphatic heterocycles. The van der Waals surface area contributed by atoms with E-state index in [1.807, 2.05) is 0 Å². The molecule has 1 aliphatic carbocycles. The third-order valence-electron chi connectivity index (χ3n) is 3.22. The second-order valence-corrected chi connectivity index (χ2v) is 5.20. The van der Waals surface area contributed by atoms with Crippen LogP contribution in [0.4, 0.5) is 10.1 Å². The minimum Gasteiger partial charge on any atom is -0.309 e. The summed E-state index contributed by atoms with van der Waals surface area (Å²) in [5, 5.41) is 13.8. The fourth-order valence-corrected chi connectivity index (χ4v) is 1.90. The molecule has 92 valence electrons. The predicted octanol–water partition coefficient (Wildman–Crippen LogP) is 2.62. The number of halogens is 1. The van der Waals surface area contributed by atoms with E-state index in [4.69, 9.17) is 0 Å². The van der Waals surface area contributed by atoms with E-state index in [1.165, 1.54) is 12.1 Å². The van der Waals surface area contributed by atoms with Gasteiger partial charge in [0.1, 0.15) is 5.82 Å². The minimum absolute atomic E-state index is 0.197. The van der Waals surface area contributed by atoms with E-state index in [0.717, 1.165) is 12.5 Å². The van der Waals surface area contributed by atoms with Gasteiger partial charge in [-0.05, 0) is 23.5 Å². The molecule has 1 aromatic rings. The van der Waals surface area contributed by atoms with Crippen LogP contribution >= 0.6 is 0 Å². The minimum atomic E-state index is -0.576. The summed E-state index contributed by atoms with van der Waals surface area (Å²) in [5.41, 5.74) is 0.704. The molecule has 1 aliphatic rings. The molecule has 2 rings (SSSR count). The fraction of sp³-hybridized carbons (Fsp3) is 0.500. The van der Waals surface area contributed by atoms with Crippen LogP contribution in [-0.4, -0.2) is 11.0 Å². The van der Waals surface area contributed by atoms with E-state index in [-0.39, 0.29) is 5.69 Å². The molecule has 0 radical (unpaired) electrons. The summed E-state index contributed by atoms with van der Waals surface area (Å²) < 4.78 is 13.1. The first-order valence-corrected chi connectivity index (χ1v) is 5.56. The van der Waals surface area contributed by atoms with Gasteiger partial charge in [0, 0.05) is 18.7 Å². The van der Waals surface area contributed by atoms with Crippen molar-refractivity contribution < 1.29 is 9.31 Å². The molecule has 1 aromatic carbocycles. The fourth-order valence-electron chi connectivity index (χ4n) is 1.90. The van der Waals surface area contributed by atoms with E-state index >= 15 is 0 Å². The molecule has 0 heterocycles. The molecular formula is C12H15FN2O2. The van der Waals surface area contributed by atoms with Crippen molar-refractivity contribution in [3.05, 3.63) is 39.7 Å². The highest BCUT2D eigenvalue weighted by Crippen LogP contribution is 2.44. The number of rotatable bonds is 4. The molecule has 0 spiro atoms. The molecule has 0 saturated heterocycles. The van der Waals surface area contributed by atoms with Crippen LogP contribution in [0.25, 0.3) is 0 Å². The predicted molar refractivity (Wildman–Crippen MR) is 62.1 cm³/mol. The topological polar surface area (TPSA) is 55.2 Å². The number of nitro groups is 1. The molecule has 1 saturated carbocycles. The van der Waals surface area contributed by atoms with Crippen molar-refractivity contribution in [1.82, 2.24) is 5.32 Å². The second-order valence-electron chi connectivity index (χ2n) is 5.20. The zero-order valence-corrected chi connectivity index (χ0v) is 9.87. The standard InChI is InChI=1S/C12H15FN2O2/c1-12(2)6-11(12)14-7-8-3-9(13)5-10(4-8)15(16)17/h3-5,11,14H,6-7H2,1-2H3. The van der Waals surface area contributed by atoms with Crippen LogP contribution < -0.4 is 5.32 Å². The smallest absolute Gasteiger partial charge is 0.272 e. The number of benzene rings is 1. The van der Waals surface area contributed by atoms with Crippen LogP contribution in [-0.2, 0) is 6.54 Å². The Morgan fingerprint density at radius 3 is 2.71 bits per heavy atom. The van der Waals surface area contributed by atoms with E-state index in [0.29, 0.717) is 23.6 Å². The Hall–Kier alpha value is -1.49. The van der Waals surface area contributed by atoms with Gasteiger partial charge in [-0.3, -0.25) is 10.1 Å². The van der Waals surface area contributed by atoms with Crippen LogP contribution in [0.5, 0.6) is 0 Å². The Kier molecular flexibility index (Phi) is 2.87. The van der Waals surface area contributed by atoms with Crippen molar-refractivity contribution in [3.8, 4) is 0 Å². The molecular weight excluding hydrogens is 223 g/mol. The van der Waals surface area contributed by atoms with Gasteiger partial charge in [0.15, 0.2) is 0 Å². The lowest BCUT2D eigenvalue weighted by Crippen LogP contribution is -2.20. The summed E-state index contributed by atoms with van der Waals surface area (Å²) in [6.07, 6.45) is 1.09. The summed E-state index contributed by atoms with van der Waals surface area (Å²) >= 11 is 0. The third-order valence-corrected chi connectivity index (χ3v) is 3.22. The number of non-ortho nitro benzene ring substituents is 1. The van der Waals surface area contributed by atoms with Crippen molar-refractivity contribution in [3.63, 3.8) is 0 Å². The molecule has 5 heteroatoms. The van der Waals surface area contributed by atoms with Crippen molar-refractivity contribution in [2.24, 2.45) is 5.41 Å². The van der Waals surface area contributed by atoms with E-state index < -0.39 is 10.7 Å². The van der Waals surface area contributed by atoms with Gasteiger partial charge in [-0.2, -0.15) is 0 Å². The lowest BCUT2D eigenvalue weighted by atomic mass is 10.1. The first kappa shape index (κ1) is 12.0. The number of hydrogen-bond acceptors (Lipinski definition) is 3. The van der Waals surface area contributed by atoms with E-state index in [9.17, 15) is 14.5 Å². The summed E-state index contributed by atoms with van der Waals surface area (Å²) in [7, 11) is 0. The van der Waals surface area contributed by atoms with Gasteiger partial charge in [-0.15, -0.1) is 0 Å². The van der Waals surface area contributed by atoms with Gasteiger partial charge < -0.3 is 5.32 Å². The largest absolute Gasteiger partial charge is 0.309 e. The number of nitrogens with one attached hydrogen (secondary N) is 1. The molecule has 1 atom stereocenters. The first-order chi connectivity index (χ1) is 7.88. The Bertz CT molecular complexity index is 460. The maximum atomic E-state index is 13.1. The van der Waals surface area contributed by atoms with E-state index in [1.54, 1.807) is 0 Å². The molecule has 1 N–H and O–H groups in total. The van der Waals surface area contributed by atoms with Crippen LogP contribution in [0.2, 0.25) is 0 Å². The van der Waals surface area contributed by atoms with Gasteiger partial charge in [0.25, 0.3) is 5.69 Å². The first-order valence-electron chi connectivity index (χ1n) is 5.56. The molecule has 1 fully saturated rings. The zero-order valence-electron chi connectivity index (χ0n) is 9.87. The van der Waals surface area contributed by atoms with Crippen molar-refractivity contribution in [1.29, 1.82) is 0 Å². The Balaban J connectivity index is 2.03. The Morgan fingerprint density at radius 2 is 2.18 bits per heavy atom. The summed E-state index contributed by atoms with van der Waals surface area (Å²) in [6.45, 7) is 4.77. The molecule has 1 unspecified atom stereocenters. The lowest BCUT2D eigenvalue weighted by molar-refractivity contribution is -0.385. The molecule has 0 bridgehead atoms. The molecule has 17 heavy (non-hydrogen) atoms. The molecule has 0 aromatic heterocycles. The van der Waals surface area contributed by atoms with Crippen molar-refractivity contribution in [2.75, 3.05) is 0 Å². The van der Waals surface area contributed by atoms with Crippen LogP contribution in [0.1, 0.15) is 25.8 Å².